The Morgan fingerprint density at radius 2 is 1.73 bits per heavy atom. The fourth-order valence-corrected chi connectivity index (χ4v) is 4.44. The van der Waals surface area contributed by atoms with Gasteiger partial charge in [0.15, 0.2) is 0 Å². The lowest BCUT2D eigenvalue weighted by atomic mass is 10.2. The fraction of sp³-hybridized carbons (Fsp3) is 0.391. The van der Waals surface area contributed by atoms with Crippen molar-refractivity contribution in [2.75, 3.05) is 47.6 Å². The molecule has 0 N–H and O–H groups in total. The van der Waals surface area contributed by atoms with Gasteiger partial charge >= 0.3 is 5.97 Å². The number of nitrogens with zero attached hydrogens (tertiary/aromatic N) is 2. The Kier molecular flexibility index (Phi) is 9.83. The van der Waals surface area contributed by atoms with Crippen molar-refractivity contribution in [1.82, 2.24) is 9.21 Å². The molecule has 0 radical (unpaired) electrons. The van der Waals surface area contributed by atoms with Gasteiger partial charge in [-0.05, 0) is 30.7 Å². The number of methoxy groups -OCH3 is 2. The van der Waals surface area contributed by atoms with Crippen LogP contribution in [0.1, 0.15) is 22.8 Å². The van der Waals surface area contributed by atoms with Crippen LogP contribution in [0.2, 0.25) is 0 Å². The van der Waals surface area contributed by atoms with Gasteiger partial charge in [-0.3, -0.25) is 9.59 Å². The number of carbonyl (C=O) groups excluding carboxylic acids is 2. The van der Waals surface area contributed by atoms with Crippen molar-refractivity contribution in [2.45, 2.75) is 18.4 Å². The van der Waals surface area contributed by atoms with Crippen molar-refractivity contribution in [2.24, 2.45) is 0 Å². The summed E-state index contributed by atoms with van der Waals surface area (Å²) in [6, 6.07) is 13.3. The van der Waals surface area contributed by atoms with Crippen LogP contribution in [0, 0.1) is 0 Å². The zero-order valence-corrected chi connectivity index (χ0v) is 20.1. The predicted octanol–water partition coefficient (Wildman–Crippen LogP) is 2.17. The van der Waals surface area contributed by atoms with Crippen LogP contribution in [-0.2, 0) is 30.8 Å². The zero-order chi connectivity index (χ0) is 24.4. The summed E-state index contributed by atoms with van der Waals surface area (Å²) in [4.78, 5) is 26.2. The Hall–Kier alpha value is -2.95. The fourth-order valence-electron chi connectivity index (χ4n) is 3.10. The highest BCUT2D eigenvalue weighted by Gasteiger charge is 2.28. The number of hydrogen-bond acceptors (Lipinski definition) is 7. The Balaban J connectivity index is 2.38. The zero-order valence-electron chi connectivity index (χ0n) is 19.3. The molecule has 0 spiro atoms. The van der Waals surface area contributed by atoms with Crippen LogP contribution < -0.4 is 4.74 Å². The van der Waals surface area contributed by atoms with Gasteiger partial charge in [0.25, 0.3) is 5.91 Å². The quantitative estimate of drug-likeness (QED) is 0.431. The topological polar surface area (TPSA) is 102 Å². The average Bonchev–Trinajstić information content (AvgIpc) is 2.81. The Morgan fingerprint density at radius 3 is 2.33 bits per heavy atom. The molecule has 0 saturated heterocycles. The number of carbonyl (C=O) groups is 2. The van der Waals surface area contributed by atoms with Crippen LogP contribution in [0.4, 0.5) is 0 Å². The van der Waals surface area contributed by atoms with Crippen molar-refractivity contribution < 1.29 is 32.2 Å². The lowest BCUT2D eigenvalue weighted by Crippen LogP contribution is -2.38. The first-order chi connectivity index (χ1) is 15.7. The van der Waals surface area contributed by atoms with Gasteiger partial charge in [-0.25, -0.2) is 8.42 Å². The molecule has 0 aromatic heterocycles. The first kappa shape index (κ1) is 26.3. The van der Waals surface area contributed by atoms with E-state index in [0.717, 1.165) is 5.56 Å². The van der Waals surface area contributed by atoms with Crippen molar-refractivity contribution in [1.29, 1.82) is 0 Å². The number of ether oxygens (including phenoxy) is 3. The summed E-state index contributed by atoms with van der Waals surface area (Å²) in [6.45, 7) is 2.06. The third-order valence-corrected chi connectivity index (χ3v) is 6.65. The summed E-state index contributed by atoms with van der Waals surface area (Å²) in [5, 5.41) is 0. The third-order valence-electron chi connectivity index (χ3n) is 4.82. The minimum absolute atomic E-state index is 0.0999. The van der Waals surface area contributed by atoms with Crippen LogP contribution in [0.5, 0.6) is 5.75 Å². The summed E-state index contributed by atoms with van der Waals surface area (Å²) < 4.78 is 43.1. The van der Waals surface area contributed by atoms with E-state index in [1.165, 1.54) is 48.7 Å². The third kappa shape index (κ3) is 7.01. The Morgan fingerprint density at radius 1 is 1.03 bits per heavy atom. The minimum atomic E-state index is -3.99. The second-order valence-electron chi connectivity index (χ2n) is 7.14. The van der Waals surface area contributed by atoms with Gasteiger partial charge in [-0.1, -0.05) is 30.3 Å². The van der Waals surface area contributed by atoms with Crippen molar-refractivity contribution in [3.63, 3.8) is 0 Å². The van der Waals surface area contributed by atoms with E-state index in [2.05, 4.69) is 0 Å². The van der Waals surface area contributed by atoms with E-state index in [-0.39, 0.29) is 49.1 Å². The second-order valence-corrected chi connectivity index (χ2v) is 9.15. The molecule has 1 amide bonds. The first-order valence-corrected chi connectivity index (χ1v) is 11.8. The molecule has 2 aromatic carbocycles. The van der Waals surface area contributed by atoms with Crippen molar-refractivity contribution in [3.05, 3.63) is 59.7 Å². The monoisotopic (exact) mass is 478 g/mol. The summed E-state index contributed by atoms with van der Waals surface area (Å²) in [5.41, 5.74) is 0.915. The average molecular weight is 479 g/mol. The molecule has 2 aromatic rings. The van der Waals surface area contributed by atoms with Gasteiger partial charge in [0.2, 0.25) is 10.0 Å². The van der Waals surface area contributed by atoms with E-state index in [4.69, 9.17) is 14.2 Å². The molecule has 0 heterocycles. The van der Waals surface area contributed by atoms with E-state index < -0.39 is 21.9 Å². The van der Waals surface area contributed by atoms with Crippen LogP contribution in [-0.4, -0.2) is 77.1 Å². The van der Waals surface area contributed by atoms with Crippen LogP contribution in [0.25, 0.3) is 0 Å². The number of sulfonamides is 1. The van der Waals surface area contributed by atoms with E-state index in [1.807, 2.05) is 30.3 Å². The second kappa shape index (κ2) is 12.3. The normalized spacial score (nSPS) is 11.3. The van der Waals surface area contributed by atoms with E-state index in [1.54, 1.807) is 6.92 Å². The number of hydrogen-bond donors (Lipinski definition) is 0. The van der Waals surface area contributed by atoms with Crippen LogP contribution in [0.3, 0.4) is 0 Å². The van der Waals surface area contributed by atoms with Gasteiger partial charge in [0, 0.05) is 32.8 Å². The Labute approximate surface area is 194 Å². The summed E-state index contributed by atoms with van der Waals surface area (Å²) in [7, 11) is 0.311. The first-order valence-electron chi connectivity index (χ1n) is 10.4. The van der Waals surface area contributed by atoms with Crippen molar-refractivity contribution in [3.8, 4) is 5.75 Å². The Bertz CT molecular complexity index is 1040. The molecule has 0 saturated carbocycles. The molecule has 0 aliphatic rings. The van der Waals surface area contributed by atoms with Gasteiger partial charge in [-0.2, -0.15) is 4.31 Å². The van der Waals surface area contributed by atoms with E-state index in [0.29, 0.717) is 0 Å². The maximum absolute atomic E-state index is 13.3. The lowest BCUT2D eigenvalue weighted by Gasteiger charge is -2.23. The number of benzene rings is 2. The number of rotatable bonds is 12. The number of amides is 1. The SMILES string of the molecule is CCOC(=O)CN(CCOC)C(=O)c1ccc(OC)c(S(=O)(=O)N(C)Cc2ccccc2)c1. The maximum Gasteiger partial charge on any atom is 0.325 e. The van der Waals surface area contributed by atoms with E-state index in [9.17, 15) is 18.0 Å². The molecule has 180 valence electrons. The van der Waals surface area contributed by atoms with E-state index >= 15 is 0 Å². The molecule has 0 bridgehead atoms. The van der Waals surface area contributed by atoms with Crippen molar-refractivity contribution >= 4 is 21.9 Å². The standard InChI is InChI=1S/C23H30N2O7S/c1-5-32-22(26)17-25(13-14-30-3)23(27)19-11-12-20(31-4)21(15-19)33(28,29)24(2)16-18-9-7-6-8-10-18/h6-12,15H,5,13-14,16-17H2,1-4H3. The van der Waals surface area contributed by atoms with Gasteiger partial charge in [0.05, 0.1) is 20.3 Å². The molecule has 0 unspecified atom stereocenters. The highest BCUT2D eigenvalue weighted by molar-refractivity contribution is 7.89. The van der Waals surface area contributed by atoms with Crippen LogP contribution in [0.15, 0.2) is 53.4 Å². The molecule has 0 aliphatic carbocycles. The molecule has 0 atom stereocenters. The molecule has 0 aliphatic heterocycles. The molecular formula is C23H30N2O7S. The molecular weight excluding hydrogens is 448 g/mol. The highest BCUT2D eigenvalue weighted by atomic mass is 32.2. The summed E-state index contributed by atoms with van der Waals surface area (Å²) >= 11 is 0. The van der Waals surface area contributed by atoms with Gasteiger partial charge < -0.3 is 19.1 Å². The molecule has 9 nitrogen and oxygen atoms in total. The van der Waals surface area contributed by atoms with Gasteiger partial charge in [-0.15, -0.1) is 0 Å². The van der Waals surface area contributed by atoms with Crippen LogP contribution >= 0.6 is 0 Å². The predicted molar refractivity (Wildman–Crippen MR) is 123 cm³/mol. The smallest absolute Gasteiger partial charge is 0.325 e. The molecule has 0 fully saturated rings. The molecule has 33 heavy (non-hydrogen) atoms. The largest absolute Gasteiger partial charge is 0.495 e. The molecule has 2 rings (SSSR count). The maximum atomic E-state index is 13.3. The summed E-state index contributed by atoms with van der Waals surface area (Å²) in [5.74, 6) is -0.976. The molecule has 10 heteroatoms. The highest BCUT2D eigenvalue weighted by Crippen LogP contribution is 2.28. The number of esters is 1. The summed E-state index contributed by atoms with van der Waals surface area (Å²) in [6.07, 6.45) is 0. The lowest BCUT2D eigenvalue weighted by molar-refractivity contribution is -0.143. The van der Waals surface area contributed by atoms with Gasteiger partial charge in [0.1, 0.15) is 17.2 Å². The minimum Gasteiger partial charge on any atom is -0.495 e.